The van der Waals surface area contributed by atoms with E-state index in [1.807, 2.05) is 0 Å². The first-order valence-corrected chi connectivity index (χ1v) is 8.47. The maximum Gasteiger partial charge on any atom is 0.329 e. The summed E-state index contributed by atoms with van der Waals surface area (Å²) in [5.74, 6) is -0.634. The number of nitrogens with one attached hydrogen (secondary N) is 2. The van der Waals surface area contributed by atoms with Crippen molar-refractivity contribution in [1.82, 2.24) is 10.7 Å². The van der Waals surface area contributed by atoms with Crippen LogP contribution in [-0.2, 0) is 16.1 Å². The lowest BCUT2D eigenvalue weighted by molar-refractivity contribution is -0.139. The molecule has 2 amide bonds. The molecule has 0 heterocycles. The van der Waals surface area contributed by atoms with Gasteiger partial charge in [-0.3, -0.25) is 9.59 Å². The summed E-state index contributed by atoms with van der Waals surface area (Å²) in [6.07, 6.45) is 1.35. The molecule has 0 unspecified atom stereocenters. The van der Waals surface area contributed by atoms with Crippen molar-refractivity contribution >= 4 is 41.2 Å². The number of nitrogens with zero attached hydrogens (tertiary/aromatic N) is 1. The van der Waals surface area contributed by atoms with E-state index in [9.17, 15) is 9.59 Å². The maximum atomic E-state index is 11.8. The molecule has 7 nitrogen and oxygen atoms in total. The van der Waals surface area contributed by atoms with Crippen molar-refractivity contribution in [2.45, 2.75) is 6.54 Å². The molecule has 2 aromatic rings. The second-order valence-electron chi connectivity index (χ2n) is 5.23. The van der Waals surface area contributed by atoms with Gasteiger partial charge >= 0.3 is 11.8 Å². The first-order valence-electron chi connectivity index (χ1n) is 7.71. The quantitative estimate of drug-likeness (QED) is 0.436. The Hall–Kier alpha value is -2.77. The zero-order chi connectivity index (χ0) is 19.8. The van der Waals surface area contributed by atoms with E-state index in [4.69, 9.17) is 32.7 Å². The van der Waals surface area contributed by atoms with Crippen molar-refractivity contribution in [2.24, 2.45) is 5.10 Å². The Bertz CT molecular complexity index is 872. The molecule has 0 aromatic heterocycles. The van der Waals surface area contributed by atoms with Crippen molar-refractivity contribution in [3.05, 3.63) is 57.6 Å². The largest absolute Gasteiger partial charge is 0.497 e. The highest BCUT2D eigenvalue weighted by Crippen LogP contribution is 2.22. The first kappa shape index (κ1) is 20.5. The lowest BCUT2D eigenvalue weighted by Gasteiger charge is -2.07. The number of hydrazone groups is 1. The molecular weight excluding hydrogens is 393 g/mol. The van der Waals surface area contributed by atoms with E-state index in [2.05, 4.69) is 15.8 Å². The summed E-state index contributed by atoms with van der Waals surface area (Å²) in [4.78, 5) is 23.7. The van der Waals surface area contributed by atoms with Crippen LogP contribution in [0, 0.1) is 0 Å². The second-order valence-corrected chi connectivity index (χ2v) is 6.07. The molecule has 0 aliphatic heterocycles. The van der Waals surface area contributed by atoms with Crippen molar-refractivity contribution < 1.29 is 19.1 Å². The molecule has 0 fully saturated rings. The molecule has 2 N–H and O–H groups in total. The van der Waals surface area contributed by atoms with E-state index in [-0.39, 0.29) is 6.54 Å². The average molecular weight is 410 g/mol. The fourth-order valence-electron chi connectivity index (χ4n) is 2.07. The van der Waals surface area contributed by atoms with Crippen LogP contribution < -0.4 is 20.2 Å². The molecule has 0 bridgehead atoms. The van der Waals surface area contributed by atoms with Gasteiger partial charge in [-0.2, -0.15) is 5.10 Å². The van der Waals surface area contributed by atoms with Gasteiger partial charge in [0.15, 0.2) is 0 Å². The number of amides is 2. The van der Waals surface area contributed by atoms with Crippen LogP contribution >= 0.6 is 23.2 Å². The number of hydrogen-bond acceptors (Lipinski definition) is 5. The molecule has 9 heteroatoms. The van der Waals surface area contributed by atoms with Gasteiger partial charge in [-0.05, 0) is 35.9 Å². The summed E-state index contributed by atoms with van der Waals surface area (Å²) >= 11 is 11.8. The molecular formula is C18H17Cl2N3O4. The molecule has 0 saturated heterocycles. The summed E-state index contributed by atoms with van der Waals surface area (Å²) in [7, 11) is 3.04. The van der Waals surface area contributed by atoms with E-state index in [0.717, 1.165) is 0 Å². The van der Waals surface area contributed by atoms with Gasteiger partial charge in [0.2, 0.25) is 0 Å². The Labute approximate surface area is 166 Å². The van der Waals surface area contributed by atoms with E-state index in [1.165, 1.54) is 20.4 Å². The van der Waals surface area contributed by atoms with Crippen LogP contribution in [0.4, 0.5) is 0 Å². The Balaban J connectivity index is 1.93. The van der Waals surface area contributed by atoms with Gasteiger partial charge in [0.05, 0.1) is 20.4 Å². The predicted molar refractivity (Wildman–Crippen MR) is 104 cm³/mol. The van der Waals surface area contributed by atoms with Gasteiger partial charge in [-0.15, -0.1) is 0 Å². The van der Waals surface area contributed by atoms with Crippen LogP contribution in [0.1, 0.15) is 11.1 Å². The lowest BCUT2D eigenvalue weighted by Crippen LogP contribution is -2.37. The number of hydrogen-bond donors (Lipinski definition) is 2. The zero-order valence-electron chi connectivity index (χ0n) is 14.6. The van der Waals surface area contributed by atoms with Gasteiger partial charge in [-0.1, -0.05) is 29.3 Å². The monoisotopic (exact) mass is 409 g/mol. The number of halogens is 2. The molecule has 2 aromatic carbocycles. The molecule has 0 aliphatic rings. The van der Waals surface area contributed by atoms with E-state index in [0.29, 0.717) is 32.7 Å². The topological polar surface area (TPSA) is 89.0 Å². The first-order chi connectivity index (χ1) is 12.9. The number of rotatable bonds is 6. The van der Waals surface area contributed by atoms with Crippen LogP contribution in [0.3, 0.4) is 0 Å². The highest BCUT2D eigenvalue weighted by atomic mass is 35.5. The van der Waals surface area contributed by atoms with E-state index < -0.39 is 11.8 Å². The number of carbonyl (C=O) groups is 2. The Morgan fingerprint density at radius 3 is 2.52 bits per heavy atom. The van der Waals surface area contributed by atoms with Gasteiger partial charge in [0, 0.05) is 22.2 Å². The fraction of sp³-hybridized carbons (Fsp3) is 0.167. The standard InChI is InChI=1S/C18H17Cl2N3O4/c1-26-14-5-6-16(27-2)12(7-14)10-22-23-18(25)17(24)21-9-11-3-4-13(19)8-15(11)20/h3-8,10H,9H2,1-2H3,(H,21,24)(H,23,25)/b22-10+. The summed E-state index contributed by atoms with van der Waals surface area (Å²) in [5.41, 5.74) is 3.35. The Morgan fingerprint density at radius 1 is 1.07 bits per heavy atom. The third-order valence-electron chi connectivity index (χ3n) is 3.47. The lowest BCUT2D eigenvalue weighted by atomic mass is 10.2. The third-order valence-corrected chi connectivity index (χ3v) is 4.05. The van der Waals surface area contributed by atoms with Crippen molar-refractivity contribution in [1.29, 1.82) is 0 Å². The molecule has 0 aliphatic carbocycles. The van der Waals surface area contributed by atoms with Crippen molar-refractivity contribution in [3.8, 4) is 11.5 Å². The number of carbonyl (C=O) groups excluding carboxylic acids is 2. The van der Waals surface area contributed by atoms with Crippen LogP contribution in [0.2, 0.25) is 10.0 Å². The molecule has 27 heavy (non-hydrogen) atoms. The van der Waals surface area contributed by atoms with E-state index >= 15 is 0 Å². The Morgan fingerprint density at radius 2 is 1.85 bits per heavy atom. The smallest absolute Gasteiger partial charge is 0.329 e. The zero-order valence-corrected chi connectivity index (χ0v) is 16.1. The normalized spacial score (nSPS) is 10.5. The minimum Gasteiger partial charge on any atom is -0.497 e. The molecule has 0 saturated carbocycles. The molecule has 142 valence electrons. The average Bonchev–Trinajstić information content (AvgIpc) is 2.66. The Kier molecular flexibility index (Phi) is 7.45. The van der Waals surface area contributed by atoms with Gasteiger partial charge in [-0.25, -0.2) is 5.43 Å². The summed E-state index contributed by atoms with van der Waals surface area (Å²) < 4.78 is 10.3. The van der Waals surface area contributed by atoms with Gasteiger partial charge in [0.25, 0.3) is 0 Å². The van der Waals surface area contributed by atoms with Crippen LogP contribution in [0.5, 0.6) is 11.5 Å². The fourth-order valence-corrected chi connectivity index (χ4v) is 2.55. The maximum absolute atomic E-state index is 11.8. The number of methoxy groups -OCH3 is 2. The third kappa shape index (κ3) is 5.87. The van der Waals surface area contributed by atoms with Gasteiger partial charge < -0.3 is 14.8 Å². The predicted octanol–water partition coefficient (Wildman–Crippen LogP) is 2.78. The van der Waals surface area contributed by atoms with Crippen LogP contribution in [0.15, 0.2) is 41.5 Å². The minimum atomic E-state index is -0.918. The second kappa shape index (κ2) is 9.80. The summed E-state index contributed by atoms with van der Waals surface area (Å²) in [6, 6.07) is 9.96. The van der Waals surface area contributed by atoms with Crippen molar-refractivity contribution in [2.75, 3.05) is 14.2 Å². The molecule has 0 atom stereocenters. The molecule has 0 radical (unpaired) electrons. The van der Waals surface area contributed by atoms with Gasteiger partial charge in [0.1, 0.15) is 11.5 Å². The summed E-state index contributed by atoms with van der Waals surface area (Å²) in [6.45, 7) is 0.0790. The highest BCUT2D eigenvalue weighted by molar-refractivity contribution is 6.36. The van der Waals surface area contributed by atoms with Crippen LogP contribution in [-0.4, -0.2) is 32.2 Å². The number of ether oxygens (including phenoxy) is 2. The number of benzene rings is 2. The minimum absolute atomic E-state index is 0.0790. The summed E-state index contributed by atoms with van der Waals surface area (Å²) in [5, 5.41) is 7.09. The highest BCUT2D eigenvalue weighted by Gasteiger charge is 2.13. The molecule has 2 rings (SSSR count). The SMILES string of the molecule is COc1ccc(OC)c(/C=N/NC(=O)C(=O)NCc2ccc(Cl)cc2Cl)c1. The van der Waals surface area contributed by atoms with E-state index in [1.54, 1.807) is 36.4 Å². The van der Waals surface area contributed by atoms with Crippen LogP contribution in [0.25, 0.3) is 0 Å². The van der Waals surface area contributed by atoms with Crippen molar-refractivity contribution in [3.63, 3.8) is 0 Å². The molecule has 0 spiro atoms.